The molecule has 0 fully saturated rings. The average Bonchev–Trinajstić information content (AvgIpc) is 3.31. The number of hydrogen-bond acceptors (Lipinski definition) is 3. The van der Waals surface area contributed by atoms with Crippen LogP contribution in [0.5, 0.6) is 0 Å². The molecule has 0 atom stereocenters. The molecule has 31 heavy (non-hydrogen) atoms. The first-order valence-corrected chi connectivity index (χ1v) is 10.8. The largest absolute Gasteiger partial charge is 0.358 e. The molecule has 0 aliphatic heterocycles. The number of H-pyrrole nitrogens is 1. The first-order valence-electron chi connectivity index (χ1n) is 10.0. The molecule has 5 aromatic rings. The summed E-state index contributed by atoms with van der Waals surface area (Å²) in [6.45, 7) is 3.89. The van der Waals surface area contributed by atoms with Gasteiger partial charge in [-0.3, -0.25) is 9.69 Å². The summed E-state index contributed by atoms with van der Waals surface area (Å²) in [7, 11) is 0. The van der Waals surface area contributed by atoms with E-state index < -0.39 is 0 Å². The van der Waals surface area contributed by atoms with Crippen LogP contribution in [0.25, 0.3) is 21.1 Å². The summed E-state index contributed by atoms with van der Waals surface area (Å²) in [5.74, 6) is -0.427. The van der Waals surface area contributed by atoms with Crippen molar-refractivity contribution in [3.8, 4) is 0 Å². The maximum absolute atomic E-state index is 13.9. The van der Waals surface area contributed by atoms with Crippen LogP contribution in [0.15, 0.2) is 66.7 Å². The van der Waals surface area contributed by atoms with Crippen molar-refractivity contribution >= 4 is 49.2 Å². The number of fused-ring (bicyclic) bond motifs is 2. The molecule has 0 spiro atoms. The van der Waals surface area contributed by atoms with Crippen molar-refractivity contribution in [2.75, 3.05) is 4.90 Å². The van der Waals surface area contributed by atoms with Crippen molar-refractivity contribution < 1.29 is 9.18 Å². The highest BCUT2D eigenvalue weighted by molar-refractivity contribution is 7.22. The van der Waals surface area contributed by atoms with E-state index in [-0.39, 0.29) is 18.1 Å². The number of aromatic nitrogens is 2. The van der Waals surface area contributed by atoms with E-state index in [4.69, 9.17) is 4.98 Å². The van der Waals surface area contributed by atoms with Crippen LogP contribution in [0.4, 0.5) is 15.2 Å². The number of thiazole rings is 1. The van der Waals surface area contributed by atoms with Gasteiger partial charge in [0.25, 0.3) is 0 Å². The molecule has 0 aliphatic rings. The number of para-hydroxylation sites is 2. The van der Waals surface area contributed by atoms with E-state index in [2.05, 4.69) is 4.98 Å². The van der Waals surface area contributed by atoms with Crippen LogP contribution in [0.2, 0.25) is 0 Å². The van der Waals surface area contributed by atoms with Gasteiger partial charge in [0.15, 0.2) is 5.13 Å². The summed E-state index contributed by atoms with van der Waals surface area (Å²) in [6, 6.07) is 20.3. The maximum Gasteiger partial charge on any atom is 0.237 e. The van der Waals surface area contributed by atoms with Gasteiger partial charge in [-0.15, -0.1) is 0 Å². The molecule has 1 N–H and O–H groups in total. The minimum atomic E-state index is -0.317. The summed E-state index contributed by atoms with van der Waals surface area (Å²) >= 11 is 1.49. The minimum absolute atomic E-state index is 0.110. The fourth-order valence-corrected chi connectivity index (χ4v) is 4.92. The zero-order valence-electron chi connectivity index (χ0n) is 17.1. The Kier molecular flexibility index (Phi) is 4.79. The second kappa shape index (κ2) is 7.63. The van der Waals surface area contributed by atoms with E-state index in [1.807, 2.05) is 62.4 Å². The highest BCUT2D eigenvalue weighted by Gasteiger charge is 2.25. The number of aromatic amines is 1. The average molecular weight is 430 g/mol. The van der Waals surface area contributed by atoms with Crippen LogP contribution in [0.3, 0.4) is 0 Å². The molecule has 0 radical (unpaired) electrons. The molecule has 0 bridgehead atoms. The lowest BCUT2D eigenvalue weighted by Gasteiger charge is -2.22. The van der Waals surface area contributed by atoms with Crippen molar-refractivity contribution in [1.82, 2.24) is 9.97 Å². The van der Waals surface area contributed by atoms with Gasteiger partial charge in [0.2, 0.25) is 5.91 Å². The fraction of sp³-hybridized carbons (Fsp3) is 0.120. The van der Waals surface area contributed by atoms with Gasteiger partial charge < -0.3 is 4.98 Å². The van der Waals surface area contributed by atoms with Gasteiger partial charge in [0.1, 0.15) is 5.82 Å². The fourth-order valence-electron chi connectivity index (χ4n) is 3.93. The number of carbonyl (C=O) groups excluding carboxylic acids is 1. The van der Waals surface area contributed by atoms with Crippen molar-refractivity contribution in [3.63, 3.8) is 0 Å². The highest BCUT2D eigenvalue weighted by atomic mass is 32.1. The van der Waals surface area contributed by atoms with Gasteiger partial charge >= 0.3 is 0 Å². The Balaban J connectivity index is 1.62. The second-order valence-electron chi connectivity index (χ2n) is 7.58. The molecule has 6 heteroatoms. The van der Waals surface area contributed by atoms with Crippen LogP contribution in [0, 0.1) is 19.7 Å². The third-order valence-electron chi connectivity index (χ3n) is 5.49. The Bertz CT molecular complexity index is 1400. The Morgan fingerprint density at radius 2 is 1.84 bits per heavy atom. The lowest BCUT2D eigenvalue weighted by molar-refractivity contribution is -0.117. The first-order chi connectivity index (χ1) is 15.0. The minimum Gasteiger partial charge on any atom is -0.358 e. The standard InChI is InChI=1S/C25H20FN3OS/c1-15-7-3-5-9-22(15)29(25-28-21-8-4-6-10-23(21)31-25)24(30)14-18-16(2)27-20-12-11-17(26)13-19(18)20/h3-13,27H,14H2,1-2H3. The van der Waals surface area contributed by atoms with Gasteiger partial charge in [0.05, 0.1) is 22.3 Å². The number of benzene rings is 3. The van der Waals surface area contributed by atoms with E-state index in [1.54, 1.807) is 11.0 Å². The number of anilines is 2. The van der Waals surface area contributed by atoms with Crippen LogP contribution in [-0.2, 0) is 11.2 Å². The molecule has 5 rings (SSSR count). The molecule has 1 amide bonds. The predicted octanol–water partition coefficient (Wildman–Crippen LogP) is 6.44. The number of amides is 1. The van der Waals surface area contributed by atoms with Crippen LogP contribution in [0.1, 0.15) is 16.8 Å². The van der Waals surface area contributed by atoms with Gasteiger partial charge in [-0.1, -0.05) is 41.7 Å². The number of carbonyl (C=O) groups is 1. The Morgan fingerprint density at radius 3 is 2.65 bits per heavy atom. The van der Waals surface area contributed by atoms with Gasteiger partial charge in [-0.2, -0.15) is 0 Å². The topological polar surface area (TPSA) is 49.0 Å². The lowest BCUT2D eigenvalue weighted by Crippen LogP contribution is -2.28. The first kappa shape index (κ1) is 19.5. The Morgan fingerprint density at radius 1 is 1.06 bits per heavy atom. The normalized spacial score (nSPS) is 11.3. The number of rotatable bonds is 4. The number of aryl methyl sites for hydroxylation is 2. The van der Waals surface area contributed by atoms with E-state index in [0.717, 1.165) is 43.6 Å². The van der Waals surface area contributed by atoms with Gasteiger partial charge in [-0.25, -0.2) is 9.37 Å². The van der Waals surface area contributed by atoms with Crippen LogP contribution < -0.4 is 4.90 Å². The van der Waals surface area contributed by atoms with Crippen molar-refractivity contribution in [1.29, 1.82) is 0 Å². The molecular formula is C25H20FN3OS. The van der Waals surface area contributed by atoms with Crippen molar-refractivity contribution in [2.24, 2.45) is 0 Å². The number of nitrogens with zero attached hydrogens (tertiary/aromatic N) is 2. The highest BCUT2D eigenvalue weighted by Crippen LogP contribution is 2.36. The molecular weight excluding hydrogens is 409 g/mol. The van der Waals surface area contributed by atoms with E-state index in [1.165, 1.54) is 23.5 Å². The summed E-state index contributed by atoms with van der Waals surface area (Å²) in [5, 5.41) is 1.36. The quantitative estimate of drug-likeness (QED) is 0.357. The second-order valence-corrected chi connectivity index (χ2v) is 8.58. The van der Waals surface area contributed by atoms with Crippen molar-refractivity contribution in [3.05, 3.63) is 89.4 Å². The number of halogens is 1. The molecule has 0 saturated heterocycles. The summed E-state index contributed by atoms with van der Waals surface area (Å²) < 4.78 is 14.9. The Hall–Kier alpha value is -3.51. The smallest absolute Gasteiger partial charge is 0.237 e. The molecule has 2 aromatic heterocycles. The molecule has 0 unspecified atom stereocenters. The van der Waals surface area contributed by atoms with E-state index in [9.17, 15) is 9.18 Å². The third-order valence-corrected chi connectivity index (χ3v) is 6.51. The summed E-state index contributed by atoms with van der Waals surface area (Å²) in [6.07, 6.45) is 0.138. The molecule has 2 heterocycles. The lowest BCUT2D eigenvalue weighted by atomic mass is 10.1. The maximum atomic E-state index is 13.9. The summed E-state index contributed by atoms with van der Waals surface area (Å²) in [4.78, 5) is 23.4. The zero-order chi connectivity index (χ0) is 21.5. The zero-order valence-corrected chi connectivity index (χ0v) is 18.0. The number of nitrogens with one attached hydrogen (secondary N) is 1. The summed E-state index contributed by atoms with van der Waals surface area (Å²) in [5.41, 5.74) is 5.14. The van der Waals surface area contributed by atoms with E-state index >= 15 is 0 Å². The van der Waals surface area contributed by atoms with Gasteiger partial charge in [-0.05, 0) is 61.4 Å². The molecule has 3 aromatic carbocycles. The molecule has 154 valence electrons. The predicted molar refractivity (Wildman–Crippen MR) is 125 cm³/mol. The SMILES string of the molecule is Cc1ccccc1N(C(=O)Cc1c(C)[nH]c2ccc(F)cc12)c1nc2ccccc2s1. The molecule has 0 aliphatic carbocycles. The van der Waals surface area contributed by atoms with Crippen LogP contribution in [-0.4, -0.2) is 15.9 Å². The third kappa shape index (κ3) is 3.49. The number of hydrogen-bond donors (Lipinski definition) is 1. The monoisotopic (exact) mass is 429 g/mol. The van der Waals surface area contributed by atoms with Crippen LogP contribution >= 0.6 is 11.3 Å². The molecule has 4 nitrogen and oxygen atoms in total. The van der Waals surface area contributed by atoms with E-state index in [0.29, 0.717) is 5.13 Å². The Labute approximate surface area is 183 Å². The van der Waals surface area contributed by atoms with Crippen molar-refractivity contribution in [2.45, 2.75) is 20.3 Å². The van der Waals surface area contributed by atoms with Gasteiger partial charge in [0, 0.05) is 16.6 Å². The molecule has 0 saturated carbocycles.